The number of anilines is 1. The van der Waals surface area contributed by atoms with Crippen molar-refractivity contribution in [3.05, 3.63) is 95.3 Å². The van der Waals surface area contributed by atoms with Crippen LogP contribution in [0, 0.1) is 5.82 Å². The summed E-state index contributed by atoms with van der Waals surface area (Å²) in [4.78, 5) is 20.2. The normalized spacial score (nSPS) is 19.0. The summed E-state index contributed by atoms with van der Waals surface area (Å²) in [5, 5.41) is 2.80. The van der Waals surface area contributed by atoms with Crippen LogP contribution < -0.4 is 5.32 Å². The molecule has 1 saturated heterocycles. The first-order valence-corrected chi connectivity index (χ1v) is 10.8. The van der Waals surface area contributed by atoms with Crippen LogP contribution in [0.2, 0.25) is 0 Å². The van der Waals surface area contributed by atoms with Crippen LogP contribution in [-0.4, -0.2) is 42.8 Å². The molecular weight excluding hydrogens is 405 g/mol. The van der Waals surface area contributed by atoms with Crippen molar-refractivity contribution in [1.82, 2.24) is 4.90 Å². The van der Waals surface area contributed by atoms with Crippen molar-refractivity contribution < 1.29 is 13.9 Å². The first kappa shape index (κ1) is 20.5. The quantitative estimate of drug-likeness (QED) is 0.607. The number of carbonyl (C=O) groups is 1. The molecule has 0 radical (unpaired) electrons. The fourth-order valence-electron chi connectivity index (χ4n) is 4.24. The summed E-state index contributed by atoms with van der Waals surface area (Å²) < 4.78 is 19.1. The highest BCUT2D eigenvalue weighted by Gasteiger charge is 2.35. The van der Waals surface area contributed by atoms with Crippen LogP contribution in [0.25, 0.3) is 0 Å². The Morgan fingerprint density at radius 2 is 1.78 bits per heavy atom. The lowest BCUT2D eigenvalue weighted by Gasteiger charge is -2.26. The highest BCUT2D eigenvalue weighted by atomic mass is 19.1. The number of benzene rings is 3. The summed E-state index contributed by atoms with van der Waals surface area (Å²) in [7, 11) is 0. The van der Waals surface area contributed by atoms with Crippen LogP contribution in [-0.2, 0) is 16.1 Å². The number of hydrogen-bond donors (Lipinski definition) is 1. The van der Waals surface area contributed by atoms with E-state index in [0.717, 1.165) is 49.7 Å². The molecule has 1 atom stereocenters. The Hall–Kier alpha value is -3.35. The zero-order chi connectivity index (χ0) is 21.9. The van der Waals surface area contributed by atoms with Gasteiger partial charge in [-0.25, -0.2) is 4.39 Å². The van der Waals surface area contributed by atoms with Crippen LogP contribution >= 0.6 is 0 Å². The van der Waals surface area contributed by atoms with Gasteiger partial charge in [-0.3, -0.25) is 14.7 Å². The topological polar surface area (TPSA) is 53.9 Å². The van der Waals surface area contributed by atoms with E-state index in [0.29, 0.717) is 11.4 Å². The molecule has 3 aromatic rings. The minimum absolute atomic E-state index is 0.197. The SMILES string of the molecule is O=C1Nc2cc(F)ccc2C1C(=Nc1ccc(CN2CCOCC2)cc1)c1ccccc1. The van der Waals surface area contributed by atoms with E-state index in [4.69, 9.17) is 9.73 Å². The van der Waals surface area contributed by atoms with Crippen molar-refractivity contribution in [3.63, 3.8) is 0 Å². The Morgan fingerprint density at radius 3 is 2.53 bits per heavy atom. The van der Waals surface area contributed by atoms with Gasteiger partial charge in [0.1, 0.15) is 11.7 Å². The Bertz CT molecular complexity index is 1140. The first-order chi connectivity index (χ1) is 15.7. The molecule has 1 unspecified atom stereocenters. The van der Waals surface area contributed by atoms with E-state index in [-0.39, 0.29) is 11.7 Å². The smallest absolute Gasteiger partial charge is 0.238 e. The molecule has 3 aromatic carbocycles. The van der Waals surface area contributed by atoms with Gasteiger partial charge in [-0.1, -0.05) is 48.5 Å². The number of fused-ring (bicyclic) bond motifs is 1. The number of morpholine rings is 1. The summed E-state index contributed by atoms with van der Waals surface area (Å²) in [5.41, 5.74) is 4.74. The van der Waals surface area contributed by atoms with Gasteiger partial charge in [0.25, 0.3) is 0 Å². The number of ether oxygens (including phenoxy) is 1. The fourth-order valence-corrected chi connectivity index (χ4v) is 4.24. The second kappa shape index (κ2) is 9.02. The van der Waals surface area contributed by atoms with Crippen LogP contribution in [0.15, 0.2) is 77.8 Å². The van der Waals surface area contributed by atoms with Crippen molar-refractivity contribution in [2.75, 3.05) is 31.6 Å². The highest BCUT2D eigenvalue weighted by Crippen LogP contribution is 2.36. The summed E-state index contributed by atoms with van der Waals surface area (Å²) in [6.07, 6.45) is 0. The van der Waals surface area contributed by atoms with Gasteiger partial charge < -0.3 is 10.1 Å². The lowest BCUT2D eigenvalue weighted by molar-refractivity contribution is -0.115. The minimum Gasteiger partial charge on any atom is -0.379 e. The van der Waals surface area contributed by atoms with Gasteiger partial charge in [-0.15, -0.1) is 0 Å². The molecular formula is C26H24FN3O2. The van der Waals surface area contributed by atoms with Crippen molar-refractivity contribution in [3.8, 4) is 0 Å². The van der Waals surface area contributed by atoms with E-state index in [9.17, 15) is 9.18 Å². The monoisotopic (exact) mass is 429 g/mol. The molecule has 1 fully saturated rings. The van der Waals surface area contributed by atoms with Crippen LogP contribution in [0.3, 0.4) is 0 Å². The Balaban J connectivity index is 1.48. The highest BCUT2D eigenvalue weighted by molar-refractivity contribution is 6.24. The Labute approximate surface area is 186 Å². The molecule has 0 bridgehead atoms. The number of nitrogens with zero attached hydrogens (tertiary/aromatic N) is 2. The van der Waals surface area contributed by atoms with Gasteiger partial charge in [0.15, 0.2) is 0 Å². The van der Waals surface area contributed by atoms with Crippen molar-refractivity contribution in [2.45, 2.75) is 12.5 Å². The third-order valence-corrected chi connectivity index (χ3v) is 5.89. The number of amides is 1. The molecule has 32 heavy (non-hydrogen) atoms. The van der Waals surface area contributed by atoms with Crippen molar-refractivity contribution >= 4 is 23.0 Å². The molecule has 5 nitrogen and oxygen atoms in total. The second-order valence-corrected chi connectivity index (χ2v) is 8.07. The van der Waals surface area contributed by atoms with E-state index in [1.54, 1.807) is 6.07 Å². The maximum absolute atomic E-state index is 13.7. The summed E-state index contributed by atoms with van der Waals surface area (Å²) in [5.74, 6) is -1.17. The third-order valence-electron chi connectivity index (χ3n) is 5.89. The van der Waals surface area contributed by atoms with Crippen molar-refractivity contribution in [2.24, 2.45) is 4.99 Å². The average molecular weight is 429 g/mol. The zero-order valence-corrected chi connectivity index (χ0v) is 17.6. The molecule has 0 aliphatic carbocycles. The molecule has 2 aliphatic rings. The largest absolute Gasteiger partial charge is 0.379 e. The molecule has 0 saturated carbocycles. The van der Waals surface area contributed by atoms with Crippen LogP contribution in [0.1, 0.15) is 22.6 Å². The minimum atomic E-state index is -0.596. The Morgan fingerprint density at radius 1 is 1.03 bits per heavy atom. The van der Waals surface area contributed by atoms with Gasteiger partial charge in [0, 0.05) is 25.3 Å². The maximum Gasteiger partial charge on any atom is 0.238 e. The Kier molecular flexibility index (Phi) is 5.79. The van der Waals surface area contributed by atoms with E-state index in [1.165, 1.54) is 17.7 Å². The van der Waals surface area contributed by atoms with E-state index in [2.05, 4.69) is 22.3 Å². The third kappa shape index (κ3) is 4.33. The number of halogens is 1. The first-order valence-electron chi connectivity index (χ1n) is 10.8. The maximum atomic E-state index is 13.7. The van der Waals surface area contributed by atoms with Gasteiger partial charge in [-0.05, 0) is 41.0 Å². The lowest BCUT2D eigenvalue weighted by Crippen LogP contribution is -2.35. The number of aliphatic imine (C=N–C) groups is 1. The van der Waals surface area contributed by atoms with Crippen LogP contribution in [0.4, 0.5) is 15.8 Å². The summed E-state index contributed by atoms with van der Waals surface area (Å²) in [6, 6.07) is 22.2. The fraction of sp³-hybridized carbons (Fsp3) is 0.231. The molecule has 6 heteroatoms. The molecule has 2 heterocycles. The predicted molar refractivity (Wildman–Crippen MR) is 123 cm³/mol. The molecule has 0 aromatic heterocycles. The summed E-state index contributed by atoms with van der Waals surface area (Å²) >= 11 is 0. The lowest BCUT2D eigenvalue weighted by atomic mass is 9.90. The number of hydrogen-bond acceptors (Lipinski definition) is 4. The molecule has 1 N–H and O–H groups in total. The summed E-state index contributed by atoms with van der Waals surface area (Å²) in [6.45, 7) is 4.31. The van der Waals surface area contributed by atoms with Gasteiger partial charge >= 0.3 is 0 Å². The van der Waals surface area contributed by atoms with E-state index >= 15 is 0 Å². The van der Waals surface area contributed by atoms with Gasteiger partial charge in [-0.2, -0.15) is 0 Å². The zero-order valence-electron chi connectivity index (χ0n) is 17.6. The standard InChI is InChI=1S/C26H24FN3O2/c27-20-8-11-22-23(16-20)29-26(31)24(22)25(19-4-2-1-3-5-19)28-21-9-6-18(7-10-21)17-30-12-14-32-15-13-30/h1-11,16,24H,12-15,17H2,(H,29,31). The molecule has 1 amide bonds. The predicted octanol–water partition coefficient (Wildman–Crippen LogP) is 4.51. The average Bonchev–Trinajstić information content (AvgIpc) is 3.14. The molecule has 5 rings (SSSR count). The number of carbonyl (C=O) groups excluding carboxylic acids is 1. The van der Waals surface area contributed by atoms with E-state index < -0.39 is 5.92 Å². The van der Waals surface area contributed by atoms with E-state index in [1.807, 2.05) is 42.5 Å². The number of nitrogens with one attached hydrogen (secondary N) is 1. The second-order valence-electron chi connectivity index (χ2n) is 8.07. The molecule has 0 spiro atoms. The van der Waals surface area contributed by atoms with Gasteiger partial charge in [0.05, 0.1) is 24.6 Å². The van der Waals surface area contributed by atoms with Gasteiger partial charge in [0.2, 0.25) is 5.91 Å². The van der Waals surface area contributed by atoms with Crippen molar-refractivity contribution in [1.29, 1.82) is 0 Å². The number of rotatable bonds is 5. The molecule has 2 aliphatic heterocycles. The van der Waals surface area contributed by atoms with Crippen LogP contribution in [0.5, 0.6) is 0 Å². The molecule has 162 valence electrons.